The normalized spacial score (nSPS) is 29.9. The molecule has 36 heavy (non-hydrogen) atoms. The topological polar surface area (TPSA) is 38.7 Å². The van der Waals surface area contributed by atoms with E-state index < -0.39 is 16.6 Å². The first-order chi connectivity index (χ1) is 16.2. The van der Waals surface area contributed by atoms with Crippen molar-refractivity contribution in [3.8, 4) is 0 Å². The van der Waals surface area contributed by atoms with Gasteiger partial charge in [0.25, 0.3) is 0 Å². The fourth-order valence-electron chi connectivity index (χ4n) is 5.76. The second kappa shape index (κ2) is 11.5. The molecule has 0 bridgehead atoms. The Hall–Kier alpha value is -0.206. The Morgan fingerprint density at radius 3 is 2.00 bits per heavy atom. The Kier molecular flexibility index (Phi) is 10.2. The molecule has 2 aliphatic carbocycles. The monoisotopic (exact) mass is 536 g/mol. The highest BCUT2D eigenvalue weighted by Gasteiger charge is 2.52. The van der Waals surface area contributed by atoms with Gasteiger partial charge in [0.1, 0.15) is 0 Å². The molecule has 0 amide bonds. The van der Waals surface area contributed by atoms with Crippen molar-refractivity contribution in [1.29, 1.82) is 0 Å². The molecule has 0 spiro atoms. The third kappa shape index (κ3) is 7.68. The van der Waals surface area contributed by atoms with Crippen LogP contribution in [0, 0.1) is 29.6 Å². The molecule has 0 aromatic rings. The molecule has 1 N–H and O–H groups in total. The minimum Gasteiger partial charge on any atom is -0.413 e. The summed E-state index contributed by atoms with van der Waals surface area (Å²) < 4.78 is 14.0. The molecule has 3 nitrogen and oxygen atoms in total. The molecule has 0 radical (unpaired) electrons. The van der Waals surface area contributed by atoms with Crippen LogP contribution < -0.4 is 0 Å². The Morgan fingerprint density at radius 2 is 1.50 bits per heavy atom. The number of hydrogen-bond acceptors (Lipinski definition) is 3. The first-order valence-electron chi connectivity index (χ1n) is 14.6. The van der Waals surface area contributed by atoms with Crippen LogP contribution in [0.5, 0.6) is 0 Å². The van der Waals surface area contributed by atoms with Gasteiger partial charge in [-0.25, -0.2) is 0 Å². The van der Waals surface area contributed by atoms with Crippen molar-refractivity contribution in [3.05, 3.63) is 24.3 Å². The number of fused-ring (bicyclic) bond motifs is 1. The quantitative estimate of drug-likeness (QED) is 0.224. The number of aliphatic hydroxyl groups is 1. The Bertz CT molecular complexity index is 772. The van der Waals surface area contributed by atoms with Crippen molar-refractivity contribution in [3.63, 3.8) is 0 Å². The maximum absolute atomic E-state index is 10.9. The Labute approximate surface area is 226 Å². The fraction of sp³-hybridized carbons (Fsp3) is 0.871. The van der Waals surface area contributed by atoms with E-state index in [-0.39, 0.29) is 34.3 Å². The lowest BCUT2D eigenvalue weighted by atomic mass is 9.89. The Morgan fingerprint density at radius 1 is 0.944 bits per heavy atom. The van der Waals surface area contributed by atoms with Crippen LogP contribution in [0.3, 0.4) is 0 Å². The van der Waals surface area contributed by atoms with E-state index in [0.717, 1.165) is 24.8 Å². The van der Waals surface area contributed by atoms with Crippen molar-refractivity contribution < 1.29 is 14.0 Å². The van der Waals surface area contributed by atoms with Crippen LogP contribution in [0.25, 0.3) is 0 Å². The average molecular weight is 537 g/mol. The first kappa shape index (κ1) is 32.0. The second-order valence-electron chi connectivity index (χ2n) is 15.6. The van der Waals surface area contributed by atoms with Gasteiger partial charge in [-0.1, -0.05) is 81.0 Å². The molecule has 2 fully saturated rings. The summed E-state index contributed by atoms with van der Waals surface area (Å²) in [5.74, 6) is 2.31. The third-order valence-corrected chi connectivity index (χ3v) is 18.9. The highest BCUT2D eigenvalue weighted by atomic mass is 28.4. The molecule has 2 saturated carbocycles. The summed E-state index contributed by atoms with van der Waals surface area (Å²) in [7, 11) is -3.83. The van der Waals surface area contributed by atoms with E-state index in [0.29, 0.717) is 23.7 Å². The van der Waals surface area contributed by atoms with Gasteiger partial charge >= 0.3 is 0 Å². The summed E-state index contributed by atoms with van der Waals surface area (Å²) in [5, 5.41) is 11.2. The molecule has 0 aliphatic heterocycles. The molecule has 5 heteroatoms. The largest absolute Gasteiger partial charge is 0.413 e. The van der Waals surface area contributed by atoms with Crippen LogP contribution in [-0.4, -0.2) is 40.1 Å². The molecule has 1 unspecified atom stereocenters. The highest BCUT2D eigenvalue weighted by molar-refractivity contribution is 6.74. The van der Waals surface area contributed by atoms with E-state index in [9.17, 15) is 5.11 Å². The molecule has 2 rings (SSSR count). The zero-order chi connectivity index (χ0) is 27.9. The van der Waals surface area contributed by atoms with Crippen LogP contribution >= 0.6 is 0 Å². The molecule has 0 saturated heterocycles. The van der Waals surface area contributed by atoms with Gasteiger partial charge in [0.15, 0.2) is 16.6 Å². The summed E-state index contributed by atoms with van der Waals surface area (Å²) in [5.41, 5.74) is 1.01. The third-order valence-electron chi connectivity index (χ3n) is 9.86. The summed E-state index contributed by atoms with van der Waals surface area (Å²) in [6.45, 7) is 34.6. The van der Waals surface area contributed by atoms with Gasteiger partial charge in [0, 0.05) is 5.92 Å². The molecule has 0 aromatic carbocycles. The van der Waals surface area contributed by atoms with Crippen LogP contribution in [0.15, 0.2) is 24.3 Å². The smallest absolute Gasteiger partial charge is 0.192 e. The summed E-state index contributed by atoms with van der Waals surface area (Å²) in [4.78, 5) is 0. The number of aliphatic hydroxyl groups excluding tert-OH is 1. The van der Waals surface area contributed by atoms with E-state index in [1.165, 1.54) is 6.42 Å². The summed E-state index contributed by atoms with van der Waals surface area (Å²) in [6.07, 6.45) is 8.87. The number of hydrogen-bond donors (Lipinski definition) is 1. The van der Waals surface area contributed by atoms with Crippen LogP contribution in [-0.2, 0) is 8.85 Å². The lowest BCUT2D eigenvalue weighted by molar-refractivity contribution is 0.128. The van der Waals surface area contributed by atoms with E-state index in [2.05, 4.69) is 107 Å². The predicted octanol–water partition coefficient (Wildman–Crippen LogP) is 8.97. The van der Waals surface area contributed by atoms with Gasteiger partial charge in [-0.05, 0) is 91.2 Å². The van der Waals surface area contributed by atoms with Gasteiger partial charge in [-0.2, -0.15) is 0 Å². The van der Waals surface area contributed by atoms with Gasteiger partial charge in [-0.15, -0.1) is 0 Å². The van der Waals surface area contributed by atoms with E-state index in [4.69, 9.17) is 8.85 Å². The molecule has 2 aliphatic rings. The van der Waals surface area contributed by atoms with Gasteiger partial charge in [0.05, 0.1) is 18.3 Å². The molecule has 7 atom stereocenters. The van der Waals surface area contributed by atoms with Crippen LogP contribution in [0.4, 0.5) is 0 Å². The Balaban J connectivity index is 2.35. The maximum Gasteiger partial charge on any atom is 0.192 e. The molecular formula is C31H60O3Si2. The van der Waals surface area contributed by atoms with Crippen molar-refractivity contribution in [2.45, 2.75) is 143 Å². The van der Waals surface area contributed by atoms with Crippen molar-refractivity contribution >= 4 is 16.6 Å². The molecule has 0 heterocycles. The standard InChI is InChI=1S/C31H60O3Si2/c1-21(2)17-22(3)18-24(33-35(11,12)30(5,6)7)15-16-25-26-19-23(4)29(32)27(26)20-28(25)34-36(13,14)31(8,9)10/h15-16,21-22,24-29,32H,4,17-20H2,1-3,5-14H3/b16-15+/t22-,24-,25+,26+,27+,28-,29?/m1/s1. The van der Waals surface area contributed by atoms with Crippen molar-refractivity contribution in [2.24, 2.45) is 29.6 Å². The van der Waals surface area contributed by atoms with E-state index in [1.807, 2.05) is 0 Å². The van der Waals surface area contributed by atoms with Crippen LogP contribution in [0.2, 0.25) is 36.3 Å². The number of rotatable bonds is 10. The molecular weight excluding hydrogens is 477 g/mol. The average Bonchev–Trinajstić information content (AvgIpc) is 3.12. The van der Waals surface area contributed by atoms with Gasteiger partial charge in [-0.3, -0.25) is 0 Å². The minimum atomic E-state index is -1.92. The lowest BCUT2D eigenvalue weighted by Gasteiger charge is -2.40. The van der Waals surface area contributed by atoms with E-state index >= 15 is 0 Å². The molecule has 210 valence electrons. The van der Waals surface area contributed by atoms with Crippen molar-refractivity contribution in [1.82, 2.24) is 0 Å². The lowest BCUT2D eigenvalue weighted by Crippen LogP contribution is -2.45. The zero-order valence-corrected chi connectivity index (χ0v) is 28.1. The highest BCUT2D eigenvalue weighted by Crippen LogP contribution is 2.53. The van der Waals surface area contributed by atoms with Crippen molar-refractivity contribution in [2.75, 3.05) is 0 Å². The van der Waals surface area contributed by atoms with Gasteiger partial charge < -0.3 is 14.0 Å². The fourth-order valence-corrected chi connectivity index (χ4v) is 8.41. The first-order valence-corrected chi connectivity index (χ1v) is 20.4. The second-order valence-corrected chi connectivity index (χ2v) is 25.1. The summed E-state index contributed by atoms with van der Waals surface area (Å²) in [6, 6.07) is 0. The van der Waals surface area contributed by atoms with Crippen LogP contribution in [0.1, 0.15) is 88.0 Å². The van der Waals surface area contributed by atoms with Gasteiger partial charge in [0.2, 0.25) is 0 Å². The zero-order valence-electron chi connectivity index (χ0n) is 26.1. The molecule has 0 aromatic heterocycles. The summed E-state index contributed by atoms with van der Waals surface area (Å²) >= 11 is 0. The minimum absolute atomic E-state index is 0.127. The maximum atomic E-state index is 10.9. The van der Waals surface area contributed by atoms with E-state index in [1.54, 1.807) is 0 Å². The predicted molar refractivity (Wildman–Crippen MR) is 161 cm³/mol. The SMILES string of the molecule is C=C1C[C@H]2[C@H](/C=C/[C@H](C[C@H](C)CC(C)C)O[Si](C)(C)C(C)(C)C)[C@H](O[Si](C)(C)C(C)(C)C)C[C@@H]2C1O.